The number of hydrogen-bond acceptors (Lipinski definition) is 7. The first-order valence-corrected chi connectivity index (χ1v) is 12.7. The van der Waals surface area contributed by atoms with Gasteiger partial charge in [-0.15, -0.1) is 0 Å². The van der Waals surface area contributed by atoms with Crippen molar-refractivity contribution in [1.29, 1.82) is 0 Å². The number of benzene rings is 2. The Morgan fingerprint density at radius 3 is 2.48 bits per heavy atom. The Balaban J connectivity index is 1.56. The largest absolute Gasteiger partial charge is 0.495 e. The SMILES string of the molecule is COc1cc(CC(=O)N(C)CC2=NC(C)C(CC(NC(C)=O)C(=O)O)O2)ccc1NC(=O)Nc1ccccc1C. The highest BCUT2D eigenvalue weighted by molar-refractivity contribution is 6.01. The van der Waals surface area contributed by atoms with E-state index < -0.39 is 30.1 Å². The Kier molecular flexibility index (Phi) is 10.1. The summed E-state index contributed by atoms with van der Waals surface area (Å²) in [6, 6.07) is 10.7. The number of para-hydroxylation sites is 1. The van der Waals surface area contributed by atoms with Gasteiger partial charge in [-0.3, -0.25) is 9.59 Å². The molecule has 0 aliphatic carbocycles. The fourth-order valence-corrected chi connectivity index (χ4v) is 4.17. The molecule has 12 heteroatoms. The minimum atomic E-state index is -1.16. The van der Waals surface area contributed by atoms with E-state index in [4.69, 9.17) is 9.47 Å². The molecule has 0 spiro atoms. The van der Waals surface area contributed by atoms with Gasteiger partial charge in [-0.2, -0.15) is 0 Å². The number of aryl methyl sites for hydroxylation is 1. The molecule has 0 radical (unpaired) electrons. The van der Waals surface area contributed by atoms with E-state index in [-0.39, 0.29) is 31.3 Å². The number of methoxy groups -OCH3 is 1. The van der Waals surface area contributed by atoms with Crippen LogP contribution in [0.1, 0.15) is 31.4 Å². The lowest BCUT2D eigenvalue weighted by molar-refractivity contribution is -0.142. The molecule has 2 aromatic carbocycles. The normalized spacial score (nSPS) is 16.7. The number of aliphatic carboxylic acids is 1. The number of nitrogens with zero attached hydrogens (tertiary/aromatic N) is 2. The number of anilines is 2. The molecule has 3 rings (SSSR count). The number of amides is 4. The van der Waals surface area contributed by atoms with E-state index in [2.05, 4.69) is 20.9 Å². The highest BCUT2D eigenvalue weighted by atomic mass is 16.5. The third kappa shape index (κ3) is 8.19. The summed E-state index contributed by atoms with van der Waals surface area (Å²) in [5, 5.41) is 17.3. The van der Waals surface area contributed by atoms with Gasteiger partial charge in [0.15, 0.2) is 0 Å². The molecule has 0 saturated heterocycles. The van der Waals surface area contributed by atoms with E-state index in [1.165, 1.54) is 18.9 Å². The van der Waals surface area contributed by atoms with Gasteiger partial charge < -0.3 is 35.4 Å². The third-order valence-electron chi connectivity index (χ3n) is 6.38. The number of carbonyl (C=O) groups excluding carboxylic acids is 3. The van der Waals surface area contributed by atoms with Crippen LogP contribution in [0.2, 0.25) is 0 Å². The summed E-state index contributed by atoms with van der Waals surface area (Å²) in [4.78, 5) is 54.1. The van der Waals surface area contributed by atoms with Crippen molar-refractivity contribution in [2.24, 2.45) is 4.99 Å². The van der Waals surface area contributed by atoms with Gasteiger partial charge >= 0.3 is 12.0 Å². The van der Waals surface area contributed by atoms with Crippen LogP contribution >= 0.6 is 0 Å². The Morgan fingerprint density at radius 1 is 1.12 bits per heavy atom. The maximum atomic E-state index is 12.9. The second-order valence-corrected chi connectivity index (χ2v) is 9.60. The van der Waals surface area contributed by atoms with Crippen LogP contribution in [0.15, 0.2) is 47.5 Å². The van der Waals surface area contributed by atoms with E-state index in [9.17, 15) is 24.3 Å². The van der Waals surface area contributed by atoms with Gasteiger partial charge in [-0.25, -0.2) is 14.6 Å². The molecule has 12 nitrogen and oxygen atoms in total. The van der Waals surface area contributed by atoms with Crippen LogP contribution < -0.4 is 20.7 Å². The molecule has 40 heavy (non-hydrogen) atoms. The molecule has 1 aliphatic rings. The van der Waals surface area contributed by atoms with Crippen LogP contribution in [-0.2, 0) is 25.5 Å². The second-order valence-electron chi connectivity index (χ2n) is 9.60. The maximum Gasteiger partial charge on any atom is 0.326 e. The summed E-state index contributed by atoms with van der Waals surface area (Å²) in [6.45, 7) is 5.04. The van der Waals surface area contributed by atoms with Gasteiger partial charge in [0.2, 0.25) is 17.7 Å². The molecule has 4 N–H and O–H groups in total. The molecule has 0 aromatic heterocycles. The van der Waals surface area contributed by atoms with Crippen LogP contribution in [0.4, 0.5) is 16.2 Å². The van der Waals surface area contributed by atoms with Crippen LogP contribution in [0.25, 0.3) is 0 Å². The fraction of sp³-hybridized carbons (Fsp3) is 0.393. The third-order valence-corrected chi connectivity index (χ3v) is 6.38. The molecule has 214 valence electrons. The first-order chi connectivity index (χ1) is 19.0. The van der Waals surface area contributed by atoms with Crippen molar-refractivity contribution in [3.63, 3.8) is 0 Å². The lowest BCUT2D eigenvalue weighted by Crippen LogP contribution is -2.43. The predicted molar refractivity (Wildman–Crippen MR) is 150 cm³/mol. The molecule has 0 bridgehead atoms. The zero-order valence-electron chi connectivity index (χ0n) is 23.2. The molecular formula is C28H35N5O7. The molecule has 1 aliphatic heterocycles. The number of hydrogen-bond donors (Lipinski definition) is 4. The van der Waals surface area contributed by atoms with E-state index in [1.807, 2.05) is 25.1 Å². The number of aliphatic imine (C=N–C) groups is 1. The summed E-state index contributed by atoms with van der Waals surface area (Å²) < 4.78 is 11.3. The summed E-state index contributed by atoms with van der Waals surface area (Å²) >= 11 is 0. The van der Waals surface area contributed by atoms with E-state index in [1.54, 1.807) is 38.2 Å². The average Bonchev–Trinajstić information content (AvgIpc) is 3.23. The van der Waals surface area contributed by atoms with E-state index >= 15 is 0 Å². The highest BCUT2D eigenvalue weighted by Gasteiger charge is 2.33. The number of carboxylic acid groups (broad SMARTS) is 1. The van der Waals surface area contributed by atoms with E-state index in [0.29, 0.717) is 28.6 Å². The predicted octanol–water partition coefficient (Wildman–Crippen LogP) is 2.81. The first-order valence-electron chi connectivity index (χ1n) is 12.7. The van der Waals surface area contributed by atoms with Gasteiger partial charge in [-0.05, 0) is 43.2 Å². The highest BCUT2D eigenvalue weighted by Crippen LogP contribution is 2.27. The minimum Gasteiger partial charge on any atom is -0.495 e. The van der Waals surface area contributed by atoms with Crippen molar-refractivity contribution in [3.8, 4) is 5.75 Å². The van der Waals surface area contributed by atoms with Crippen molar-refractivity contribution >= 4 is 41.1 Å². The minimum absolute atomic E-state index is 0.0455. The molecule has 1 heterocycles. The number of nitrogens with one attached hydrogen (secondary N) is 3. The Hall–Kier alpha value is -4.61. The van der Waals surface area contributed by atoms with Gasteiger partial charge in [-0.1, -0.05) is 24.3 Å². The first kappa shape index (κ1) is 29.9. The maximum absolute atomic E-state index is 12.9. The van der Waals surface area contributed by atoms with Gasteiger partial charge in [0.1, 0.15) is 17.9 Å². The molecule has 2 aromatic rings. The summed E-state index contributed by atoms with van der Waals surface area (Å²) in [5.41, 5.74) is 2.75. The number of urea groups is 1. The standard InChI is InChI=1S/C28H35N5O7/c1-16-8-6-7-9-20(16)31-28(38)32-21-11-10-19(12-24(21)39-5)13-26(35)33(4)15-25-29-17(2)23(40-25)14-22(27(36)37)30-18(3)34/h6-12,17,22-23H,13-15H2,1-5H3,(H,30,34)(H,36,37)(H2,31,32,38). The quantitative estimate of drug-likeness (QED) is 0.333. The molecule has 3 unspecified atom stereocenters. The van der Waals surface area contributed by atoms with Crippen LogP contribution in [-0.4, -0.2) is 78.6 Å². The van der Waals surface area contributed by atoms with Crippen molar-refractivity contribution in [2.75, 3.05) is 31.3 Å². The molecule has 0 saturated carbocycles. The van der Waals surface area contributed by atoms with Gasteiger partial charge in [0.05, 0.1) is 31.8 Å². The molecule has 3 atom stereocenters. The Labute approximate surface area is 232 Å². The number of carbonyl (C=O) groups is 4. The molecule has 4 amide bonds. The molecule has 0 fully saturated rings. The van der Waals surface area contributed by atoms with Crippen molar-refractivity contribution in [2.45, 2.75) is 51.8 Å². The molecular weight excluding hydrogens is 518 g/mol. The van der Waals surface area contributed by atoms with Crippen LogP contribution in [0.5, 0.6) is 5.75 Å². The second kappa shape index (κ2) is 13.5. The van der Waals surface area contributed by atoms with Gasteiger partial charge in [0.25, 0.3) is 0 Å². The monoisotopic (exact) mass is 553 g/mol. The average molecular weight is 554 g/mol. The van der Waals surface area contributed by atoms with Crippen LogP contribution in [0, 0.1) is 6.92 Å². The van der Waals surface area contributed by atoms with Gasteiger partial charge in [0, 0.05) is 26.1 Å². The van der Waals surface area contributed by atoms with Crippen molar-refractivity contribution in [3.05, 3.63) is 53.6 Å². The Morgan fingerprint density at radius 2 is 1.82 bits per heavy atom. The van der Waals surface area contributed by atoms with Crippen molar-refractivity contribution in [1.82, 2.24) is 10.2 Å². The zero-order chi connectivity index (χ0) is 29.4. The smallest absolute Gasteiger partial charge is 0.326 e. The van der Waals surface area contributed by atoms with Crippen LogP contribution in [0.3, 0.4) is 0 Å². The summed E-state index contributed by atoms with van der Waals surface area (Å²) in [5.74, 6) is -1.09. The number of carboxylic acids is 1. The van der Waals surface area contributed by atoms with E-state index in [0.717, 1.165) is 5.56 Å². The number of ether oxygens (including phenoxy) is 2. The summed E-state index contributed by atoms with van der Waals surface area (Å²) in [7, 11) is 3.10. The lowest BCUT2D eigenvalue weighted by Gasteiger charge is -2.21. The lowest BCUT2D eigenvalue weighted by atomic mass is 10.0. The summed E-state index contributed by atoms with van der Waals surface area (Å²) in [6.07, 6.45) is -0.429. The Bertz CT molecular complexity index is 1300. The topological polar surface area (TPSA) is 159 Å². The zero-order valence-corrected chi connectivity index (χ0v) is 23.2. The number of rotatable bonds is 11. The van der Waals surface area contributed by atoms with Crippen molar-refractivity contribution < 1.29 is 33.8 Å². The number of likely N-dealkylation sites (N-methyl/N-ethyl adjacent to an activating group) is 1. The fourth-order valence-electron chi connectivity index (χ4n) is 4.17.